The Balaban J connectivity index is 2.64. The molecule has 0 aromatic heterocycles. The van der Waals surface area contributed by atoms with Crippen molar-refractivity contribution in [2.24, 2.45) is 4.99 Å². The summed E-state index contributed by atoms with van der Waals surface area (Å²) in [5.41, 5.74) is 1.27. The highest BCUT2D eigenvalue weighted by atomic mass is 15.2. The van der Waals surface area contributed by atoms with E-state index in [9.17, 15) is 0 Å². The second-order valence-corrected chi connectivity index (χ2v) is 2.83. The Bertz CT molecular complexity index is 140. The van der Waals surface area contributed by atoms with Gasteiger partial charge in [-0.3, -0.25) is 10.3 Å². The summed E-state index contributed by atoms with van der Waals surface area (Å²) < 4.78 is 0. The first kappa shape index (κ1) is 6.75. The van der Waals surface area contributed by atoms with Crippen molar-refractivity contribution in [3.05, 3.63) is 0 Å². The summed E-state index contributed by atoms with van der Waals surface area (Å²) in [7, 11) is 0. The molecular weight excluding hydrogens is 112 g/mol. The van der Waals surface area contributed by atoms with Crippen LogP contribution in [-0.4, -0.2) is 17.9 Å². The van der Waals surface area contributed by atoms with Crippen molar-refractivity contribution in [2.75, 3.05) is 6.54 Å². The minimum atomic E-state index is 0.0457. The fraction of sp³-hybridized carbons (Fsp3) is 0.857. The third-order valence-corrected chi connectivity index (χ3v) is 1.85. The normalized spacial score (nSPS) is 34.8. The largest absolute Gasteiger partial charge is 0.288 e. The first-order valence-electron chi connectivity index (χ1n) is 3.46. The highest BCUT2D eigenvalue weighted by Crippen LogP contribution is 2.14. The van der Waals surface area contributed by atoms with Crippen LogP contribution in [0.4, 0.5) is 0 Å². The van der Waals surface area contributed by atoms with Crippen LogP contribution in [0, 0.1) is 0 Å². The Labute approximate surface area is 56.4 Å². The third-order valence-electron chi connectivity index (χ3n) is 1.85. The van der Waals surface area contributed by atoms with Crippen molar-refractivity contribution in [1.82, 2.24) is 5.32 Å². The summed E-state index contributed by atoms with van der Waals surface area (Å²) in [5.74, 6) is 0. The second-order valence-electron chi connectivity index (χ2n) is 2.83. The van der Waals surface area contributed by atoms with Crippen molar-refractivity contribution in [3.8, 4) is 0 Å². The molecule has 2 nitrogen and oxygen atoms in total. The number of rotatable bonds is 1. The van der Waals surface area contributed by atoms with Crippen LogP contribution in [-0.2, 0) is 0 Å². The van der Waals surface area contributed by atoms with Crippen molar-refractivity contribution in [3.63, 3.8) is 0 Å². The lowest BCUT2D eigenvalue weighted by atomic mass is 10.2. The first-order chi connectivity index (χ1) is 4.16. The lowest BCUT2D eigenvalue weighted by molar-refractivity contribution is 0.404. The van der Waals surface area contributed by atoms with Gasteiger partial charge >= 0.3 is 0 Å². The minimum absolute atomic E-state index is 0.0457. The molecule has 0 radical (unpaired) electrons. The second kappa shape index (κ2) is 2.10. The molecule has 1 N–H and O–H groups in total. The topological polar surface area (TPSA) is 24.4 Å². The maximum absolute atomic E-state index is 4.44. The van der Waals surface area contributed by atoms with Gasteiger partial charge in [-0.25, -0.2) is 0 Å². The van der Waals surface area contributed by atoms with Crippen LogP contribution in [0.25, 0.3) is 0 Å². The number of aliphatic imine (C=N–C) groups is 1. The SMILES string of the molecule is CCC1(C)N=C(C)CN1. The van der Waals surface area contributed by atoms with Gasteiger partial charge in [0, 0.05) is 12.3 Å². The maximum atomic E-state index is 4.44. The molecule has 1 unspecified atom stereocenters. The molecule has 9 heavy (non-hydrogen) atoms. The Morgan fingerprint density at radius 1 is 1.78 bits per heavy atom. The van der Waals surface area contributed by atoms with E-state index in [0.29, 0.717) is 0 Å². The highest BCUT2D eigenvalue weighted by molar-refractivity contribution is 5.85. The quantitative estimate of drug-likeness (QED) is 0.560. The summed E-state index contributed by atoms with van der Waals surface area (Å²) in [6.45, 7) is 7.30. The molecule has 1 rings (SSSR count). The molecule has 2 heteroatoms. The molecule has 0 saturated heterocycles. The van der Waals surface area contributed by atoms with E-state index in [1.54, 1.807) is 0 Å². The van der Waals surface area contributed by atoms with Gasteiger partial charge in [-0.1, -0.05) is 6.92 Å². The fourth-order valence-corrected chi connectivity index (χ4v) is 1.02. The standard InChI is InChI=1S/C7H14N2/c1-4-7(3)8-5-6(2)9-7/h8H,4-5H2,1-3H3. The summed E-state index contributed by atoms with van der Waals surface area (Å²) in [6, 6.07) is 0. The van der Waals surface area contributed by atoms with Crippen molar-refractivity contribution in [2.45, 2.75) is 32.9 Å². The van der Waals surface area contributed by atoms with Gasteiger partial charge in [0.05, 0.1) is 0 Å². The number of nitrogens with one attached hydrogen (secondary N) is 1. The van der Waals surface area contributed by atoms with Crippen LogP contribution < -0.4 is 5.32 Å². The average Bonchev–Trinajstić information content (AvgIpc) is 2.13. The van der Waals surface area contributed by atoms with Gasteiger partial charge in [0.2, 0.25) is 0 Å². The van der Waals surface area contributed by atoms with Gasteiger partial charge in [0.25, 0.3) is 0 Å². The van der Waals surface area contributed by atoms with Gasteiger partial charge in [-0.05, 0) is 20.3 Å². The summed E-state index contributed by atoms with van der Waals surface area (Å²) in [6.07, 6.45) is 1.07. The molecule has 0 aliphatic carbocycles. The molecule has 0 saturated carbocycles. The Kier molecular flexibility index (Phi) is 1.58. The van der Waals surface area contributed by atoms with Crippen molar-refractivity contribution >= 4 is 5.71 Å². The summed E-state index contributed by atoms with van der Waals surface area (Å²) in [5, 5.41) is 3.33. The maximum Gasteiger partial charge on any atom is 0.107 e. The fourth-order valence-electron chi connectivity index (χ4n) is 1.02. The van der Waals surface area contributed by atoms with Crippen LogP contribution in [0.2, 0.25) is 0 Å². The lowest BCUT2D eigenvalue weighted by Crippen LogP contribution is -2.35. The van der Waals surface area contributed by atoms with E-state index in [1.165, 1.54) is 5.71 Å². The molecule has 52 valence electrons. The molecule has 0 aromatic rings. The Morgan fingerprint density at radius 2 is 2.44 bits per heavy atom. The molecule has 0 aromatic carbocycles. The predicted molar refractivity (Wildman–Crippen MR) is 39.8 cm³/mol. The highest BCUT2D eigenvalue weighted by Gasteiger charge is 2.24. The van der Waals surface area contributed by atoms with E-state index in [2.05, 4.69) is 31.1 Å². The third kappa shape index (κ3) is 1.30. The molecule has 0 fully saturated rings. The number of hydrogen-bond donors (Lipinski definition) is 1. The van der Waals surface area contributed by atoms with Gasteiger partial charge in [0.15, 0.2) is 0 Å². The number of nitrogens with zero attached hydrogens (tertiary/aromatic N) is 1. The van der Waals surface area contributed by atoms with Gasteiger partial charge in [-0.2, -0.15) is 0 Å². The molecule has 1 atom stereocenters. The Hall–Kier alpha value is -0.370. The van der Waals surface area contributed by atoms with Crippen molar-refractivity contribution < 1.29 is 0 Å². The molecular formula is C7H14N2. The van der Waals surface area contributed by atoms with E-state index in [-0.39, 0.29) is 5.66 Å². The van der Waals surface area contributed by atoms with E-state index in [4.69, 9.17) is 0 Å². The zero-order valence-corrected chi connectivity index (χ0v) is 6.36. The van der Waals surface area contributed by atoms with E-state index in [0.717, 1.165) is 13.0 Å². The molecule has 0 bridgehead atoms. The molecule has 1 aliphatic rings. The van der Waals surface area contributed by atoms with Crippen LogP contribution >= 0.6 is 0 Å². The molecule has 1 aliphatic heterocycles. The van der Waals surface area contributed by atoms with Crippen LogP contribution in [0.15, 0.2) is 4.99 Å². The monoisotopic (exact) mass is 126 g/mol. The smallest absolute Gasteiger partial charge is 0.107 e. The lowest BCUT2D eigenvalue weighted by Gasteiger charge is -2.17. The number of hydrogen-bond acceptors (Lipinski definition) is 2. The van der Waals surface area contributed by atoms with Crippen molar-refractivity contribution in [1.29, 1.82) is 0 Å². The van der Waals surface area contributed by atoms with Gasteiger partial charge < -0.3 is 0 Å². The zero-order valence-electron chi connectivity index (χ0n) is 6.36. The van der Waals surface area contributed by atoms with Gasteiger partial charge in [0.1, 0.15) is 5.66 Å². The average molecular weight is 126 g/mol. The molecule has 1 heterocycles. The van der Waals surface area contributed by atoms with E-state index in [1.807, 2.05) is 0 Å². The predicted octanol–water partition coefficient (Wildman–Crippen LogP) is 1.18. The molecule has 0 amide bonds. The van der Waals surface area contributed by atoms with Crippen LogP contribution in [0.3, 0.4) is 0 Å². The Morgan fingerprint density at radius 3 is 2.67 bits per heavy atom. The summed E-state index contributed by atoms with van der Waals surface area (Å²) >= 11 is 0. The minimum Gasteiger partial charge on any atom is -0.288 e. The van der Waals surface area contributed by atoms with Gasteiger partial charge in [-0.15, -0.1) is 0 Å². The van der Waals surface area contributed by atoms with E-state index < -0.39 is 0 Å². The van der Waals surface area contributed by atoms with E-state index >= 15 is 0 Å². The zero-order chi connectivity index (χ0) is 6.91. The van der Waals surface area contributed by atoms with Crippen LogP contribution in [0.1, 0.15) is 27.2 Å². The first-order valence-corrected chi connectivity index (χ1v) is 3.46. The summed E-state index contributed by atoms with van der Waals surface area (Å²) in [4.78, 5) is 4.44. The van der Waals surface area contributed by atoms with Crippen LogP contribution in [0.5, 0.6) is 0 Å². The molecule has 0 spiro atoms.